The zero-order valence-electron chi connectivity index (χ0n) is 25.2. The maximum absolute atomic E-state index is 14.5. The monoisotopic (exact) mass is 719 g/mol. The van der Waals surface area contributed by atoms with Crippen LogP contribution >= 0.6 is 46.4 Å². The lowest BCUT2D eigenvalue weighted by Crippen LogP contribution is -2.54. The van der Waals surface area contributed by atoms with E-state index < -0.39 is 28.5 Å². The first-order chi connectivity index (χ1) is 21.9. The van der Waals surface area contributed by atoms with Gasteiger partial charge in [-0.05, 0) is 66.9 Å². The highest BCUT2D eigenvalue weighted by Gasteiger charge is 2.35. The van der Waals surface area contributed by atoms with Gasteiger partial charge in [0.2, 0.25) is 11.8 Å². The highest BCUT2D eigenvalue weighted by Crippen LogP contribution is 2.31. The minimum atomic E-state index is -4.30. The summed E-state index contributed by atoms with van der Waals surface area (Å²) in [6, 6.07) is 25.1. The van der Waals surface area contributed by atoms with Crippen molar-refractivity contribution in [3.05, 3.63) is 128 Å². The Balaban J connectivity index is 1.84. The number of carbonyl (C=O) groups excluding carboxylic acids is 2. The predicted octanol–water partition coefficient (Wildman–Crippen LogP) is 8.05. The van der Waals surface area contributed by atoms with E-state index in [0.29, 0.717) is 17.0 Å². The molecular weight excluding hydrogens is 688 g/mol. The van der Waals surface area contributed by atoms with Crippen LogP contribution in [-0.2, 0) is 32.6 Å². The molecule has 7 nitrogen and oxygen atoms in total. The van der Waals surface area contributed by atoms with Gasteiger partial charge in [-0.25, -0.2) is 8.42 Å². The lowest BCUT2D eigenvalue weighted by molar-refractivity contribution is -0.140. The molecule has 0 spiro atoms. The molecule has 242 valence electrons. The van der Waals surface area contributed by atoms with Gasteiger partial charge in [-0.1, -0.05) is 108 Å². The lowest BCUT2D eigenvalue weighted by Gasteiger charge is -2.34. The molecular formula is C34H33Cl4N3O4S. The lowest BCUT2D eigenvalue weighted by atomic mass is 10.0. The molecule has 46 heavy (non-hydrogen) atoms. The predicted molar refractivity (Wildman–Crippen MR) is 186 cm³/mol. The van der Waals surface area contributed by atoms with Gasteiger partial charge in [0, 0.05) is 29.1 Å². The van der Waals surface area contributed by atoms with Crippen LogP contribution in [0.3, 0.4) is 0 Å². The highest BCUT2D eigenvalue weighted by atomic mass is 35.5. The van der Waals surface area contributed by atoms with Crippen molar-refractivity contribution in [1.29, 1.82) is 0 Å². The van der Waals surface area contributed by atoms with Crippen LogP contribution in [0.1, 0.15) is 31.4 Å². The summed E-state index contributed by atoms with van der Waals surface area (Å²) in [6.45, 7) is 3.10. The Morgan fingerprint density at radius 1 is 0.783 bits per heavy atom. The summed E-state index contributed by atoms with van der Waals surface area (Å²) in [6.07, 6.45) is 0.841. The summed E-state index contributed by atoms with van der Waals surface area (Å²) in [5.41, 5.74) is 1.50. The van der Waals surface area contributed by atoms with Crippen molar-refractivity contribution < 1.29 is 18.0 Å². The topological polar surface area (TPSA) is 86.8 Å². The van der Waals surface area contributed by atoms with Crippen molar-refractivity contribution in [3.8, 4) is 0 Å². The van der Waals surface area contributed by atoms with E-state index in [0.717, 1.165) is 9.87 Å². The normalized spacial score (nSPS) is 12.7. The summed E-state index contributed by atoms with van der Waals surface area (Å²) in [5, 5.41) is 3.98. The van der Waals surface area contributed by atoms with E-state index >= 15 is 0 Å². The molecule has 2 amide bonds. The molecule has 0 fully saturated rings. The maximum atomic E-state index is 14.5. The molecule has 12 heteroatoms. The number of hydrogen-bond acceptors (Lipinski definition) is 4. The molecule has 0 bridgehead atoms. The van der Waals surface area contributed by atoms with Gasteiger partial charge in [0.15, 0.2) is 0 Å². The van der Waals surface area contributed by atoms with Crippen LogP contribution in [0.2, 0.25) is 20.1 Å². The fourth-order valence-corrected chi connectivity index (χ4v) is 7.02. The Hall–Kier alpha value is -3.27. The average Bonchev–Trinajstić information content (AvgIpc) is 3.03. The third-order valence-corrected chi connectivity index (χ3v) is 10.3. The largest absolute Gasteiger partial charge is 0.352 e. The first-order valence-corrected chi connectivity index (χ1v) is 17.5. The minimum absolute atomic E-state index is 0.0368. The van der Waals surface area contributed by atoms with E-state index in [-0.39, 0.29) is 50.6 Å². The van der Waals surface area contributed by atoms with Gasteiger partial charge in [-0.3, -0.25) is 13.9 Å². The first kappa shape index (κ1) is 35.6. The van der Waals surface area contributed by atoms with E-state index in [9.17, 15) is 18.0 Å². The number of nitrogens with one attached hydrogen (secondary N) is 1. The highest BCUT2D eigenvalue weighted by molar-refractivity contribution is 7.92. The molecule has 0 aromatic heterocycles. The first-order valence-electron chi connectivity index (χ1n) is 14.5. The molecule has 2 unspecified atom stereocenters. The fourth-order valence-electron chi connectivity index (χ4n) is 4.76. The molecule has 1 N–H and O–H groups in total. The molecule has 0 aliphatic heterocycles. The number of amides is 2. The number of hydrogen-bond donors (Lipinski definition) is 1. The van der Waals surface area contributed by atoms with E-state index in [4.69, 9.17) is 46.4 Å². The Morgan fingerprint density at radius 3 is 1.98 bits per heavy atom. The summed E-state index contributed by atoms with van der Waals surface area (Å²) >= 11 is 25.1. The molecule has 0 saturated heterocycles. The number of benzene rings is 4. The average molecular weight is 722 g/mol. The van der Waals surface area contributed by atoms with Crippen LogP contribution in [0, 0.1) is 0 Å². The number of sulfonamides is 1. The fraction of sp³-hybridized carbons (Fsp3) is 0.235. The molecule has 0 aliphatic carbocycles. The number of rotatable bonds is 13. The molecule has 0 saturated carbocycles. The number of nitrogens with zero attached hydrogens (tertiary/aromatic N) is 2. The maximum Gasteiger partial charge on any atom is 0.264 e. The minimum Gasteiger partial charge on any atom is -0.352 e. The van der Waals surface area contributed by atoms with E-state index in [1.807, 2.05) is 44.2 Å². The van der Waals surface area contributed by atoms with E-state index in [1.54, 1.807) is 36.4 Å². The van der Waals surface area contributed by atoms with Crippen molar-refractivity contribution >= 4 is 73.9 Å². The van der Waals surface area contributed by atoms with Crippen LogP contribution in [0.5, 0.6) is 0 Å². The summed E-state index contributed by atoms with van der Waals surface area (Å²) in [7, 11) is -4.30. The van der Waals surface area contributed by atoms with Gasteiger partial charge >= 0.3 is 0 Å². The van der Waals surface area contributed by atoms with Gasteiger partial charge in [0.05, 0.1) is 20.6 Å². The second kappa shape index (κ2) is 16.0. The van der Waals surface area contributed by atoms with E-state index in [1.165, 1.54) is 35.2 Å². The van der Waals surface area contributed by atoms with Crippen molar-refractivity contribution in [2.75, 3.05) is 10.8 Å². The zero-order chi connectivity index (χ0) is 33.4. The van der Waals surface area contributed by atoms with Crippen LogP contribution in [0.25, 0.3) is 0 Å². The third-order valence-electron chi connectivity index (χ3n) is 7.35. The SMILES string of the molecule is CCC(C)NC(=O)C(Cc1ccccc1)N(Cc1ccc(Cl)c(Cl)c1)C(=O)CN(c1cc(Cl)cc(Cl)c1)S(=O)(=O)c1ccccc1. The second-order valence-corrected chi connectivity index (χ2v) is 14.3. The van der Waals surface area contributed by atoms with Gasteiger partial charge < -0.3 is 10.2 Å². The number of anilines is 1. The van der Waals surface area contributed by atoms with Gasteiger partial charge in [-0.2, -0.15) is 0 Å². The van der Waals surface area contributed by atoms with Crippen molar-refractivity contribution in [1.82, 2.24) is 10.2 Å². The number of carbonyl (C=O) groups is 2. The second-order valence-electron chi connectivity index (χ2n) is 10.7. The molecule has 4 aromatic rings. The van der Waals surface area contributed by atoms with Gasteiger partial charge in [0.25, 0.3) is 10.0 Å². The molecule has 2 atom stereocenters. The Morgan fingerprint density at radius 2 is 1.39 bits per heavy atom. The standard InChI is InChI=1S/C34H33Cl4N3O4S/c1-3-23(2)39-34(43)32(17-24-10-6-4-7-11-24)40(21-25-14-15-30(37)31(38)16-25)33(42)22-41(28-19-26(35)18-27(36)20-28)46(44,45)29-12-8-5-9-13-29/h4-16,18-20,23,32H,3,17,21-22H2,1-2H3,(H,39,43). The van der Waals surface area contributed by atoms with Crippen LogP contribution in [0.15, 0.2) is 102 Å². The quantitative estimate of drug-likeness (QED) is 0.152. The van der Waals surface area contributed by atoms with Gasteiger partial charge in [0.1, 0.15) is 12.6 Å². The molecule has 4 rings (SSSR count). The third kappa shape index (κ3) is 9.17. The summed E-state index contributed by atoms with van der Waals surface area (Å²) in [4.78, 5) is 29.8. The molecule has 0 aliphatic rings. The summed E-state index contributed by atoms with van der Waals surface area (Å²) < 4.78 is 29.1. The number of halogens is 4. The van der Waals surface area contributed by atoms with Crippen LogP contribution < -0.4 is 9.62 Å². The Labute approximate surface area is 290 Å². The van der Waals surface area contributed by atoms with Crippen LogP contribution in [0.4, 0.5) is 5.69 Å². The van der Waals surface area contributed by atoms with Crippen molar-refractivity contribution in [3.63, 3.8) is 0 Å². The van der Waals surface area contributed by atoms with Crippen molar-refractivity contribution in [2.45, 2.75) is 50.2 Å². The molecule has 0 radical (unpaired) electrons. The van der Waals surface area contributed by atoms with Crippen LogP contribution in [-0.4, -0.2) is 43.8 Å². The molecule has 0 heterocycles. The zero-order valence-corrected chi connectivity index (χ0v) is 29.0. The van der Waals surface area contributed by atoms with E-state index in [2.05, 4.69) is 5.32 Å². The Kier molecular flexibility index (Phi) is 12.4. The van der Waals surface area contributed by atoms with Gasteiger partial charge in [-0.15, -0.1) is 0 Å². The Bertz CT molecular complexity index is 1760. The van der Waals surface area contributed by atoms with Crippen molar-refractivity contribution in [2.24, 2.45) is 0 Å². The summed E-state index contributed by atoms with van der Waals surface area (Å²) in [5.74, 6) is -1.02. The smallest absolute Gasteiger partial charge is 0.264 e. The molecule has 4 aromatic carbocycles.